The molecule has 2 rings (SSSR count). The van der Waals surface area contributed by atoms with Gasteiger partial charge in [-0.2, -0.15) is 0 Å². The Labute approximate surface area is 128 Å². The van der Waals surface area contributed by atoms with Crippen LogP contribution in [0.2, 0.25) is 0 Å². The first-order chi connectivity index (χ1) is 9.95. The van der Waals surface area contributed by atoms with Gasteiger partial charge in [0, 0.05) is 10.5 Å². The van der Waals surface area contributed by atoms with Gasteiger partial charge in [-0.1, -0.05) is 5.16 Å². The van der Waals surface area contributed by atoms with Gasteiger partial charge in [0.2, 0.25) is 0 Å². The van der Waals surface area contributed by atoms with Gasteiger partial charge in [-0.05, 0) is 41.1 Å². The molecule has 0 radical (unpaired) electrons. The third-order valence-electron chi connectivity index (χ3n) is 2.57. The molecular formula is C13H12BrN3O4. The maximum absolute atomic E-state index is 11.7. The molecule has 8 heteroatoms. The quantitative estimate of drug-likeness (QED) is 0.783. The van der Waals surface area contributed by atoms with E-state index in [0.29, 0.717) is 21.6 Å². The number of halogens is 1. The van der Waals surface area contributed by atoms with E-state index in [1.54, 1.807) is 13.0 Å². The summed E-state index contributed by atoms with van der Waals surface area (Å²) in [6.45, 7) is 1.99. The molecule has 0 saturated heterocycles. The lowest BCUT2D eigenvalue weighted by Crippen LogP contribution is -2.28. The van der Waals surface area contributed by atoms with E-state index in [0.717, 1.165) is 0 Å². The number of nitrogens with one attached hydrogen (secondary N) is 2. The number of carbonyl (C=O) groups is 2. The Hall–Kier alpha value is -2.35. The number of amides is 2. The minimum Gasteiger partial charge on any atom is -0.478 e. The third-order valence-corrected chi connectivity index (χ3v) is 3.23. The Morgan fingerprint density at radius 1 is 1.38 bits per heavy atom. The average molecular weight is 354 g/mol. The first-order valence-corrected chi connectivity index (χ1v) is 6.75. The number of carboxylic acids is 1. The van der Waals surface area contributed by atoms with Gasteiger partial charge in [0.25, 0.3) is 0 Å². The zero-order valence-corrected chi connectivity index (χ0v) is 12.6. The van der Waals surface area contributed by atoms with E-state index in [-0.39, 0.29) is 12.1 Å². The van der Waals surface area contributed by atoms with Gasteiger partial charge in [-0.25, -0.2) is 9.59 Å². The van der Waals surface area contributed by atoms with Crippen LogP contribution >= 0.6 is 15.9 Å². The second-order valence-electron chi connectivity index (χ2n) is 4.24. The molecule has 2 amide bonds. The average Bonchev–Trinajstić information content (AvgIpc) is 2.84. The van der Waals surface area contributed by atoms with Gasteiger partial charge in [0.05, 0.1) is 17.8 Å². The van der Waals surface area contributed by atoms with Gasteiger partial charge >= 0.3 is 12.0 Å². The fourth-order valence-electron chi connectivity index (χ4n) is 1.59. The van der Waals surface area contributed by atoms with Crippen molar-refractivity contribution in [2.75, 3.05) is 5.32 Å². The number of anilines is 1. The number of carbonyl (C=O) groups excluding carboxylic acids is 1. The van der Waals surface area contributed by atoms with Crippen LogP contribution in [0.1, 0.15) is 21.8 Å². The molecule has 1 aromatic heterocycles. The monoisotopic (exact) mass is 353 g/mol. The van der Waals surface area contributed by atoms with Crippen LogP contribution in [0.25, 0.3) is 0 Å². The van der Waals surface area contributed by atoms with E-state index in [1.165, 1.54) is 18.2 Å². The van der Waals surface area contributed by atoms with Gasteiger partial charge in [0.1, 0.15) is 11.5 Å². The maximum atomic E-state index is 11.7. The van der Waals surface area contributed by atoms with Gasteiger partial charge in [-0.3, -0.25) is 0 Å². The molecule has 0 unspecified atom stereocenters. The summed E-state index contributed by atoms with van der Waals surface area (Å²) in [5, 5.41) is 17.8. The number of nitrogens with zero attached hydrogens (tertiary/aromatic N) is 1. The summed E-state index contributed by atoms with van der Waals surface area (Å²) in [5.41, 5.74) is 1.21. The van der Waals surface area contributed by atoms with E-state index in [1.807, 2.05) is 0 Å². The van der Waals surface area contributed by atoms with Crippen LogP contribution in [-0.4, -0.2) is 22.3 Å². The lowest BCUT2D eigenvalue weighted by atomic mass is 10.2. The van der Waals surface area contributed by atoms with Crippen LogP contribution in [0.4, 0.5) is 10.5 Å². The molecule has 0 spiro atoms. The first-order valence-electron chi connectivity index (χ1n) is 5.95. The predicted octanol–water partition coefficient (Wildman–Crippen LogP) is 2.77. The molecule has 1 heterocycles. The van der Waals surface area contributed by atoms with E-state index in [9.17, 15) is 9.59 Å². The molecule has 0 aliphatic rings. The summed E-state index contributed by atoms with van der Waals surface area (Å²) >= 11 is 3.21. The van der Waals surface area contributed by atoms with Crippen molar-refractivity contribution in [3.63, 3.8) is 0 Å². The molecule has 21 heavy (non-hydrogen) atoms. The zero-order valence-electron chi connectivity index (χ0n) is 11.0. The van der Waals surface area contributed by atoms with E-state index in [4.69, 9.17) is 9.63 Å². The van der Waals surface area contributed by atoms with Crippen LogP contribution < -0.4 is 10.6 Å². The molecule has 0 saturated carbocycles. The highest BCUT2D eigenvalue weighted by Gasteiger charge is 2.09. The highest BCUT2D eigenvalue weighted by atomic mass is 79.9. The molecule has 0 bridgehead atoms. The molecule has 0 atom stereocenters. The van der Waals surface area contributed by atoms with Crippen LogP contribution in [0.3, 0.4) is 0 Å². The standard InChI is InChI=1S/C13H12BrN3O4/c1-7-4-9(17-21-7)6-15-13(20)16-11-3-2-8(12(18)19)5-10(11)14/h2-5H,6H2,1H3,(H,18,19)(H2,15,16,20). The largest absolute Gasteiger partial charge is 0.478 e. The lowest BCUT2D eigenvalue weighted by Gasteiger charge is -2.08. The molecule has 110 valence electrons. The van der Waals surface area contributed by atoms with Crippen molar-refractivity contribution in [1.82, 2.24) is 10.5 Å². The third kappa shape index (κ3) is 4.06. The van der Waals surface area contributed by atoms with Crippen molar-refractivity contribution in [2.45, 2.75) is 13.5 Å². The Morgan fingerprint density at radius 2 is 2.14 bits per heavy atom. The minimum absolute atomic E-state index is 0.130. The SMILES string of the molecule is Cc1cc(CNC(=O)Nc2ccc(C(=O)O)cc2Br)no1. The van der Waals surface area contributed by atoms with Crippen molar-refractivity contribution in [3.05, 3.63) is 45.8 Å². The fourth-order valence-corrected chi connectivity index (χ4v) is 2.07. The van der Waals surface area contributed by atoms with Crippen molar-refractivity contribution >= 4 is 33.6 Å². The van der Waals surface area contributed by atoms with Gasteiger partial charge < -0.3 is 20.3 Å². The van der Waals surface area contributed by atoms with Crippen LogP contribution in [0.5, 0.6) is 0 Å². The van der Waals surface area contributed by atoms with Crippen molar-refractivity contribution in [1.29, 1.82) is 0 Å². The Bertz CT molecular complexity index is 684. The zero-order chi connectivity index (χ0) is 15.4. The first kappa shape index (κ1) is 15.0. The summed E-state index contributed by atoms with van der Waals surface area (Å²) in [6, 6.07) is 5.62. The molecule has 7 nitrogen and oxygen atoms in total. The number of hydrogen-bond acceptors (Lipinski definition) is 4. The molecule has 0 aliphatic carbocycles. The summed E-state index contributed by atoms with van der Waals surface area (Å²) in [4.78, 5) is 22.6. The maximum Gasteiger partial charge on any atom is 0.335 e. The number of benzene rings is 1. The molecule has 0 fully saturated rings. The van der Waals surface area contributed by atoms with Gasteiger partial charge in [-0.15, -0.1) is 0 Å². The number of hydrogen-bond donors (Lipinski definition) is 3. The highest BCUT2D eigenvalue weighted by molar-refractivity contribution is 9.10. The van der Waals surface area contributed by atoms with E-state index in [2.05, 4.69) is 31.7 Å². The second kappa shape index (κ2) is 6.40. The molecular weight excluding hydrogens is 342 g/mol. The number of rotatable bonds is 4. The van der Waals surface area contributed by atoms with Crippen LogP contribution in [-0.2, 0) is 6.54 Å². The number of urea groups is 1. The van der Waals surface area contributed by atoms with Crippen molar-refractivity contribution in [2.24, 2.45) is 0 Å². The van der Waals surface area contributed by atoms with Gasteiger partial charge in [0.15, 0.2) is 0 Å². The highest BCUT2D eigenvalue weighted by Crippen LogP contribution is 2.23. The summed E-state index contributed by atoms with van der Waals surface area (Å²) in [5.74, 6) is -0.368. The fraction of sp³-hybridized carbons (Fsp3) is 0.154. The molecule has 2 aromatic rings. The normalized spacial score (nSPS) is 10.2. The lowest BCUT2D eigenvalue weighted by molar-refractivity contribution is 0.0697. The minimum atomic E-state index is -1.03. The smallest absolute Gasteiger partial charge is 0.335 e. The summed E-state index contributed by atoms with van der Waals surface area (Å²) in [6.07, 6.45) is 0. The molecule has 0 aliphatic heterocycles. The summed E-state index contributed by atoms with van der Waals surface area (Å²) in [7, 11) is 0. The number of aromatic carboxylic acids is 1. The molecule has 3 N–H and O–H groups in total. The van der Waals surface area contributed by atoms with Crippen molar-refractivity contribution < 1.29 is 19.2 Å². The van der Waals surface area contributed by atoms with E-state index >= 15 is 0 Å². The Kier molecular flexibility index (Phi) is 4.59. The van der Waals surface area contributed by atoms with Crippen LogP contribution in [0.15, 0.2) is 33.3 Å². The predicted molar refractivity (Wildman–Crippen MR) is 78.2 cm³/mol. The van der Waals surface area contributed by atoms with E-state index < -0.39 is 12.0 Å². The Morgan fingerprint density at radius 3 is 2.71 bits per heavy atom. The number of carboxylic acid groups (broad SMARTS) is 1. The topological polar surface area (TPSA) is 104 Å². The number of aromatic nitrogens is 1. The molecule has 1 aromatic carbocycles. The van der Waals surface area contributed by atoms with Crippen LogP contribution in [0, 0.1) is 6.92 Å². The van der Waals surface area contributed by atoms with Crippen molar-refractivity contribution in [3.8, 4) is 0 Å². The number of aryl methyl sites for hydroxylation is 1. The second-order valence-corrected chi connectivity index (χ2v) is 5.09. The Balaban J connectivity index is 1.94. The summed E-state index contributed by atoms with van der Waals surface area (Å²) < 4.78 is 5.37.